The lowest BCUT2D eigenvalue weighted by atomic mass is 10.1. The summed E-state index contributed by atoms with van der Waals surface area (Å²) in [5.41, 5.74) is 0.342. The summed E-state index contributed by atoms with van der Waals surface area (Å²) >= 11 is 8.75. The van der Waals surface area contributed by atoms with Gasteiger partial charge in [-0.15, -0.1) is 0 Å². The van der Waals surface area contributed by atoms with Gasteiger partial charge in [0, 0.05) is 15.9 Å². The predicted molar refractivity (Wildman–Crippen MR) is 56.7 cm³/mol. The molecular weight excluding hydrogens is 274 g/mol. The van der Waals surface area contributed by atoms with E-state index in [-0.39, 0.29) is 10.8 Å². The van der Waals surface area contributed by atoms with E-state index in [1.54, 1.807) is 0 Å². The number of hydrogen-bond acceptors (Lipinski definition) is 2. The summed E-state index contributed by atoms with van der Waals surface area (Å²) in [7, 11) is 1.34. The number of alkyl halides is 1. The molecule has 0 saturated carbocycles. The molecule has 2 nitrogen and oxygen atoms in total. The van der Waals surface area contributed by atoms with Gasteiger partial charge in [-0.1, -0.05) is 27.5 Å². The van der Waals surface area contributed by atoms with Gasteiger partial charge in [-0.3, -0.25) is 0 Å². The van der Waals surface area contributed by atoms with Gasteiger partial charge >= 0.3 is 0 Å². The maximum absolute atomic E-state index is 13.3. The van der Waals surface area contributed by atoms with Crippen LogP contribution in [-0.4, -0.2) is 17.5 Å². The van der Waals surface area contributed by atoms with E-state index in [0.29, 0.717) is 10.9 Å². The second kappa shape index (κ2) is 4.96. The molecule has 0 aliphatic heterocycles. The zero-order chi connectivity index (χ0) is 10.7. The first-order valence-electron chi connectivity index (χ1n) is 3.87. The second-order valence-electron chi connectivity index (χ2n) is 2.68. The van der Waals surface area contributed by atoms with Crippen LogP contribution in [0.25, 0.3) is 0 Å². The summed E-state index contributed by atoms with van der Waals surface area (Å²) < 4.78 is 18.1. The summed E-state index contributed by atoms with van der Waals surface area (Å²) in [6, 6.07) is 2.63. The van der Waals surface area contributed by atoms with Crippen LogP contribution in [0.4, 0.5) is 4.39 Å². The number of methoxy groups -OCH3 is 1. The van der Waals surface area contributed by atoms with Gasteiger partial charge in [0.15, 0.2) is 11.6 Å². The quantitative estimate of drug-likeness (QED) is 0.864. The van der Waals surface area contributed by atoms with Crippen LogP contribution in [0, 0.1) is 5.82 Å². The lowest BCUT2D eigenvalue weighted by Crippen LogP contribution is -2.03. The molecule has 1 rings (SSSR count). The molecule has 0 heterocycles. The van der Waals surface area contributed by atoms with Crippen molar-refractivity contribution in [3.8, 4) is 5.75 Å². The lowest BCUT2D eigenvalue weighted by molar-refractivity contribution is 0.199. The predicted octanol–water partition coefficient (Wildman–Crippen LogP) is 2.92. The molecule has 0 aromatic heterocycles. The standard InChI is InChI=1S/C9H9BrClFO2/c1-14-9-6(8(13)4-10)2-5(11)3-7(9)12/h2-3,8,13H,4H2,1H3. The molecule has 14 heavy (non-hydrogen) atoms. The summed E-state index contributed by atoms with van der Waals surface area (Å²) in [6.45, 7) is 0. The van der Waals surface area contributed by atoms with Crippen LogP contribution in [0.5, 0.6) is 5.75 Å². The van der Waals surface area contributed by atoms with Crippen molar-refractivity contribution in [1.82, 2.24) is 0 Å². The molecule has 1 aromatic carbocycles. The fourth-order valence-corrected chi connectivity index (χ4v) is 1.69. The first kappa shape index (κ1) is 11.8. The fraction of sp³-hybridized carbons (Fsp3) is 0.333. The molecule has 0 saturated heterocycles. The Kier molecular flexibility index (Phi) is 4.16. The molecule has 0 aliphatic rings. The Labute approximate surface area is 94.8 Å². The van der Waals surface area contributed by atoms with E-state index >= 15 is 0 Å². The highest BCUT2D eigenvalue weighted by Crippen LogP contribution is 2.32. The molecule has 0 bridgehead atoms. The molecule has 1 unspecified atom stereocenters. The number of rotatable bonds is 3. The first-order valence-corrected chi connectivity index (χ1v) is 5.37. The van der Waals surface area contributed by atoms with Gasteiger partial charge in [0.25, 0.3) is 0 Å². The van der Waals surface area contributed by atoms with Gasteiger partial charge in [-0.2, -0.15) is 0 Å². The zero-order valence-electron chi connectivity index (χ0n) is 7.43. The minimum atomic E-state index is -0.835. The van der Waals surface area contributed by atoms with Crippen LogP contribution in [0.1, 0.15) is 11.7 Å². The molecule has 1 atom stereocenters. The lowest BCUT2D eigenvalue weighted by Gasteiger charge is -2.13. The molecule has 78 valence electrons. The van der Waals surface area contributed by atoms with E-state index in [1.807, 2.05) is 0 Å². The highest BCUT2D eigenvalue weighted by atomic mass is 79.9. The van der Waals surface area contributed by atoms with Crippen LogP contribution in [0.2, 0.25) is 5.02 Å². The third kappa shape index (κ3) is 2.38. The van der Waals surface area contributed by atoms with Gasteiger partial charge in [-0.25, -0.2) is 4.39 Å². The number of ether oxygens (including phenoxy) is 1. The van der Waals surface area contributed by atoms with E-state index < -0.39 is 11.9 Å². The van der Waals surface area contributed by atoms with Crippen LogP contribution >= 0.6 is 27.5 Å². The largest absolute Gasteiger partial charge is 0.493 e. The summed E-state index contributed by atoms with van der Waals surface area (Å²) in [6.07, 6.45) is -0.835. The average Bonchev–Trinajstić information content (AvgIpc) is 2.15. The summed E-state index contributed by atoms with van der Waals surface area (Å²) in [5.74, 6) is -0.545. The highest BCUT2D eigenvalue weighted by Gasteiger charge is 2.16. The van der Waals surface area contributed by atoms with E-state index in [2.05, 4.69) is 15.9 Å². The molecule has 0 fully saturated rings. The van der Waals surface area contributed by atoms with Crippen molar-refractivity contribution < 1.29 is 14.2 Å². The van der Waals surface area contributed by atoms with Crippen LogP contribution in [-0.2, 0) is 0 Å². The maximum Gasteiger partial charge on any atom is 0.166 e. The van der Waals surface area contributed by atoms with Crippen molar-refractivity contribution >= 4 is 27.5 Å². The number of hydrogen-bond donors (Lipinski definition) is 1. The van der Waals surface area contributed by atoms with E-state index in [1.165, 1.54) is 13.2 Å². The van der Waals surface area contributed by atoms with Gasteiger partial charge < -0.3 is 9.84 Å². The monoisotopic (exact) mass is 282 g/mol. The molecule has 0 spiro atoms. The van der Waals surface area contributed by atoms with Crippen molar-refractivity contribution in [3.05, 3.63) is 28.5 Å². The summed E-state index contributed by atoms with van der Waals surface area (Å²) in [4.78, 5) is 0. The Morgan fingerprint density at radius 3 is 2.79 bits per heavy atom. The SMILES string of the molecule is COc1c(F)cc(Cl)cc1C(O)CBr. The topological polar surface area (TPSA) is 29.5 Å². The Morgan fingerprint density at radius 2 is 2.29 bits per heavy atom. The molecule has 1 aromatic rings. The van der Waals surface area contributed by atoms with Crippen molar-refractivity contribution in [2.45, 2.75) is 6.10 Å². The third-order valence-corrected chi connectivity index (χ3v) is 2.58. The molecule has 0 amide bonds. The van der Waals surface area contributed by atoms with Gasteiger partial charge in [0.05, 0.1) is 13.2 Å². The van der Waals surface area contributed by atoms with Crippen LogP contribution < -0.4 is 4.74 Å². The first-order chi connectivity index (χ1) is 6.60. The third-order valence-electron chi connectivity index (χ3n) is 1.75. The van der Waals surface area contributed by atoms with E-state index in [9.17, 15) is 9.50 Å². The molecular formula is C9H9BrClFO2. The van der Waals surface area contributed by atoms with Crippen LogP contribution in [0.15, 0.2) is 12.1 Å². The van der Waals surface area contributed by atoms with Gasteiger partial charge in [0.2, 0.25) is 0 Å². The Bertz CT molecular complexity index is 333. The minimum Gasteiger partial charge on any atom is -0.493 e. The van der Waals surface area contributed by atoms with E-state index in [0.717, 1.165) is 6.07 Å². The highest BCUT2D eigenvalue weighted by molar-refractivity contribution is 9.09. The number of aliphatic hydroxyl groups is 1. The minimum absolute atomic E-state index is 0.0290. The Hall–Kier alpha value is -0.320. The molecule has 0 aliphatic carbocycles. The molecule has 0 radical (unpaired) electrons. The van der Waals surface area contributed by atoms with Gasteiger partial charge in [-0.05, 0) is 12.1 Å². The smallest absolute Gasteiger partial charge is 0.166 e. The average molecular weight is 284 g/mol. The number of halogens is 3. The van der Waals surface area contributed by atoms with Crippen molar-refractivity contribution in [3.63, 3.8) is 0 Å². The van der Waals surface area contributed by atoms with Crippen molar-refractivity contribution in [1.29, 1.82) is 0 Å². The molecule has 5 heteroatoms. The van der Waals surface area contributed by atoms with Gasteiger partial charge in [0.1, 0.15) is 0 Å². The summed E-state index contributed by atoms with van der Waals surface area (Å²) in [5, 5.41) is 10.1. The van der Waals surface area contributed by atoms with Crippen LogP contribution in [0.3, 0.4) is 0 Å². The number of benzene rings is 1. The fourth-order valence-electron chi connectivity index (χ4n) is 1.13. The normalized spacial score (nSPS) is 12.6. The molecule has 1 N–H and O–H groups in total. The maximum atomic E-state index is 13.3. The van der Waals surface area contributed by atoms with E-state index in [4.69, 9.17) is 16.3 Å². The van der Waals surface area contributed by atoms with Crippen molar-refractivity contribution in [2.75, 3.05) is 12.4 Å². The van der Waals surface area contributed by atoms with Crippen molar-refractivity contribution in [2.24, 2.45) is 0 Å². The zero-order valence-corrected chi connectivity index (χ0v) is 9.77. The number of aliphatic hydroxyl groups excluding tert-OH is 1. The Balaban J connectivity index is 3.24. The second-order valence-corrected chi connectivity index (χ2v) is 3.76. The Morgan fingerprint density at radius 1 is 1.64 bits per heavy atom.